The summed E-state index contributed by atoms with van der Waals surface area (Å²) in [5.41, 5.74) is -0.338. The van der Waals surface area contributed by atoms with Crippen LogP contribution in [0.25, 0.3) is 0 Å². The maximum atomic E-state index is 12.4. The summed E-state index contributed by atoms with van der Waals surface area (Å²) in [6.07, 6.45) is 4.24. The predicted octanol–water partition coefficient (Wildman–Crippen LogP) is 1.48. The minimum atomic E-state index is -0.866. The van der Waals surface area contributed by atoms with Crippen LogP contribution >= 0.6 is 0 Å². The second kappa shape index (κ2) is 5.26. The summed E-state index contributed by atoms with van der Waals surface area (Å²) < 4.78 is 1.74. The molecule has 0 saturated carbocycles. The number of likely N-dealkylation sites (tertiary alicyclic amines) is 1. The van der Waals surface area contributed by atoms with Gasteiger partial charge in [-0.2, -0.15) is 5.10 Å². The molecule has 1 fully saturated rings. The number of hydrogen-bond donors (Lipinski definition) is 1. The number of nitrogens with zero attached hydrogens (tertiary/aromatic N) is 3. The van der Waals surface area contributed by atoms with Crippen LogP contribution in [0.1, 0.15) is 37.6 Å². The van der Waals surface area contributed by atoms with E-state index in [9.17, 15) is 14.7 Å². The number of carbonyl (C=O) groups excluding carboxylic acids is 1. The quantitative estimate of drug-likeness (QED) is 0.905. The van der Waals surface area contributed by atoms with E-state index in [1.807, 2.05) is 13.8 Å². The molecule has 0 radical (unpaired) electrons. The third-order valence-electron chi connectivity index (χ3n) is 4.21. The van der Waals surface area contributed by atoms with Crippen LogP contribution in [0.15, 0.2) is 12.4 Å². The molecule has 1 aliphatic rings. The zero-order chi connectivity index (χ0) is 14.9. The van der Waals surface area contributed by atoms with E-state index in [0.29, 0.717) is 12.1 Å². The average molecular weight is 279 g/mol. The third-order valence-corrected chi connectivity index (χ3v) is 4.21. The summed E-state index contributed by atoms with van der Waals surface area (Å²) in [6.45, 7) is 7.12. The fourth-order valence-electron chi connectivity index (χ4n) is 2.59. The molecular weight excluding hydrogens is 258 g/mol. The molecule has 2 rings (SSSR count). The van der Waals surface area contributed by atoms with Crippen molar-refractivity contribution in [3.63, 3.8) is 0 Å². The van der Waals surface area contributed by atoms with Gasteiger partial charge in [0.05, 0.1) is 17.2 Å². The Balaban J connectivity index is 2.12. The smallest absolute Gasteiger partial charge is 0.311 e. The Bertz CT molecular complexity index is 525. The molecule has 1 N–H and O–H groups in total. The number of aromatic nitrogens is 2. The Morgan fingerprint density at radius 1 is 1.55 bits per heavy atom. The van der Waals surface area contributed by atoms with Crippen molar-refractivity contribution in [1.82, 2.24) is 14.7 Å². The highest BCUT2D eigenvalue weighted by molar-refractivity contribution is 5.94. The lowest BCUT2D eigenvalue weighted by atomic mass is 9.81. The van der Waals surface area contributed by atoms with Gasteiger partial charge < -0.3 is 10.0 Å². The van der Waals surface area contributed by atoms with E-state index in [1.54, 1.807) is 28.9 Å². The zero-order valence-corrected chi connectivity index (χ0v) is 12.2. The minimum Gasteiger partial charge on any atom is -0.481 e. The van der Waals surface area contributed by atoms with Crippen molar-refractivity contribution < 1.29 is 14.7 Å². The van der Waals surface area contributed by atoms with E-state index in [1.165, 1.54) is 0 Å². The van der Waals surface area contributed by atoms with E-state index < -0.39 is 11.4 Å². The predicted molar refractivity (Wildman–Crippen MR) is 73.3 cm³/mol. The van der Waals surface area contributed by atoms with Gasteiger partial charge in [-0.1, -0.05) is 13.8 Å². The molecule has 6 nitrogen and oxygen atoms in total. The fraction of sp³-hybridized carbons (Fsp3) is 0.643. The first-order valence-electron chi connectivity index (χ1n) is 6.93. The molecule has 0 unspecified atom stereocenters. The van der Waals surface area contributed by atoms with Gasteiger partial charge in [-0.3, -0.25) is 14.3 Å². The minimum absolute atomic E-state index is 0.0605. The van der Waals surface area contributed by atoms with Crippen LogP contribution in [0.2, 0.25) is 0 Å². The van der Waals surface area contributed by atoms with Crippen LogP contribution in [0, 0.1) is 11.3 Å². The van der Waals surface area contributed by atoms with E-state index in [0.717, 1.165) is 13.0 Å². The summed E-state index contributed by atoms with van der Waals surface area (Å²) in [7, 11) is 0. The normalized spacial score (nSPS) is 25.9. The highest BCUT2D eigenvalue weighted by Crippen LogP contribution is 2.36. The van der Waals surface area contributed by atoms with Crippen LogP contribution in [0.3, 0.4) is 0 Å². The number of hydrogen-bond acceptors (Lipinski definition) is 3. The zero-order valence-electron chi connectivity index (χ0n) is 12.2. The SMILES string of the molecule is CCCn1cc(C(=O)N2C[C@@H](C)[C@](C)(C(=O)O)C2)cn1. The lowest BCUT2D eigenvalue weighted by molar-refractivity contribution is -0.148. The summed E-state index contributed by atoms with van der Waals surface area (Å²) in [6, 6.07) is 0. The molecule has 2 atom stereocenters. The van der Waals surface area contributed by atoms with Gasteiger partial charge in [0.15, 0.2) is 0 Å². The van der Waals surface area contributed by atoms with Crippen molar-refractivity contribution in [3.8, 4) is 0 Å². The van der Waals surface area contributed by atoms with Gasteiger partial charge in [0.2, 0.25) is 0 Å². The number of carbonyl (C=O) groups is 2. The van der Waals surface area contributed by atoms with E-state index in [-0.39, 0.29) is 18.4 Å². The van der Waals surface area contributed by atoms with Gasteiger partial charge in [0.25, 0.3) is 5.91 Å². The number of rotatable bonds is 4. The van der Waals surface area contributed by atoms with Crippen LogP contribution in [-0.4, -0.2) is 44.8 Å². The fourth-order valence-corrected chi connectivity index (χ4v) is 2.59. The molecule has 0 aromatic carbocycles. The standard InChI is InChI=1S/C14H21N3O3/c1-4-5-17-8-11(6-15-17)12(18)16-7-10(2)14(3,9-16)13(19)20/h6,8,10H,4-5,7,9H2,1-3H3,(H,19,20)/t10-,14-/m1/s1. The lowest BCUT2D eigenvalue weighted by Crippen LogP contribution is -2.36. The molecule has 1 amide bonds. The van der Waals surface area contributed by atoms with E-state index >= 15 is 0 Å². The monoisotopic (exact) mass is 279 g/mol. The molecular formula is C14H21N3O3. The van der Waals surface area contributed by atoms with Crippen molar-refractivity contribution in [1.29, 1.82) is 0 Å². The summed E-state index contributed by atoms with van der Waals surface area (Å²) in [5, 5.41) is 13.5. The second-order valence-electron chi connectivity index (χ2n) is 5.80. The number of aryl methyl sites for hydroxylation is 1. The Morgan fingerprint density at radius 3 is 2.80 bits per heavy atom. The van der Waals surface area contributed by atoms with Gasteiger partial charge in [-0.25, -0.2) is 0 Å². The molecule has 6 heteroatoms. The maximum Gasteiger partial charge on any atom is 0.311 e. The van der Waals surface area contributed by atoms with E-state index in [2.05, 4.69) is 5.10 Å². The molecule has 1 aromatic rings. The largest absolute Gasteiger partial charge is 0.481 e. The highest BCUT2D eigenvalue weighted by atomic mass is 16.4. The van der Waals surface area contributed by atoms with Crippen molar-refractivity contribution >= 4 is 11.9 Å². The second-order valence-corrected chi connectivity index (χ2v) is 5.80. The molecule has 0 spiro atoms. The summed E-state index contributed by atoms with van der Waals surface area (Å²) in [4.78, 5) is 25.4. The number of aliphatic carboxylic acids is 1. The van der Waals surface area contributed by atoms with Crippen molar-refractivity contribution in [2.45, 2.75) is 33.7 Å². The van der Waals surface area contributed by atoms with Crippen molar-refractivity contribution in [2.24, 2.45) is 11.3 Å². The van der Waals surface area contributed by atoms with Crippen molar-refractivity contribution in [2.75, 3.05) is 13.1 Å². The topological polar surface area (TPSA) is 75.4 Å². The molecule has 0 bridgehead atoms. The van der Waals surface area contributed by atoms with Gasteiger partial charge in [-0.15, -0.1) is 0 Å². The summed E-state index contributed by atoms with van der Waals surface area (Å²) in [5.74, 6) is -1.04. The molecule has 1 saturated heterocycles. The lowest BCUT2D eigenvalue weighted by Gasteiger charge is -2.22. The number of carboxylic acids is 1. The first-order valence-corrected chi connectivity index (χ1v) is 6.93. The van der Waals surface area contributed by atoms with Crippen LogP contribution in [0.5, 0.6) is 0 Å². The molecule has 0 aliphatic carbocycles. The first kappa shape index (κ1) is 14.6. The maximum absolute atomic E-state index is 12.4. The molecule has 20 heavy (non-hydrogen) atoms. The summed E-state index contributed by atoms with van der Waals surface area (Å²) >= 11 is 0. The number of amides is 1. The Labute approximate surface area is 118 Å². The van der Waals surface area contributed by atoms with Crippen LogP contribution in [0.4, 0.5) is 0 Å². The Kier molecular flexibility index (Phi) is 3.83. The molecule has 1 aromatic heterocycles. The first-order chi connectivity index (χ1) is 9.38. The van der Waals surface area contributed by atoms with Crippen molar-refractivity contribution in [3.05, 3.63) is 18.0 Å². The van der Waals surface area contributed by atoms with Gasteiger partial charge in [-0.05, 0) is 19.3 Å². The highest BCUT2D eigenvalue weighted by Gasteiger charge is 2.48. The third kappa shape index (κ3) is 2.42. The molecule has 2 heterocycles. The van der Waals surface area contributed by atoms with Gasteiger partial charge in [0.1, 0.15) is 0 Å². The molecule has 110 valence electrons. The number of carboxylic acid groups (broad SMARTS) is 1. The van der Waals surface area contributed by atoms with Crippen LogP contribution in [-0.2, 0) is 11.3 Å². The van der Waals surface area contributed by atoms with Gasteiger partial charge >= 0.3 is 5.97 Å². The Morgan fingerprint density at radius 2 is 2.25 bits per heavy atom. The Hall–Kier alpha value is -1.85. The average Bonchev–Trinajstić information content (AvgIpc) is 2.96. The van der Waals surface area contributed by atoms with Gasteiger partial charge in [0, 0.05) is 25.8 Å². The molecule has 1 aliphatic heterocycles. The van der Waals surface area contributed by atoms with E-state index in [4.69, 9.17) is 0 Å². The van der Waals surface area contributed by atoms with Crippen LogP contribution < -0.4 is 0 Å².